The summed E-state index contributed by atoms with van der Waals surface area (Å²) in [4.78, 5) is 56.3. The summed E-state index contributed by atoms with van der Waals surface area (Å²) >= 11 is 5.91. The molecule has 0 aliphatic heterocycles. The van der Waals surface area contributed by atoms with E-state index >= 15 is 0 Å². The van der Waals surface area contributed by atoms with Crippen molar-refractivity contribution in [1.29, 1.82) is 0 Å². The number of esters is 1. The van der Waals surface area contributed by atoms with Crippen LogP contribution < -0.4 is 10.6 Å². The summed E-state index contributed by atoms with van der Waals surface area (Å²) in [6, 6.07) is 8.40. The van der Waals surface area contributed by atoms with Crippen LogP contribution in [-0.4, -0.2) is 40.3 Å². The second kappa shape index (κ2) is 10.8. The molecule has 1 atom stereocenters. The normalized spacial score (nSPS) is 11.2. The quantitative estimate of drug-likeness (QED) is 0.324. The van der Waals surface area contributed by atoms with Crippen molar-refractivity contribution in [2.45, 2.75) is 19.4 Å². The molecule has 32 heavy (non-hydrogen) atoms. The van der Waals surface area contributed by atoms with E-state index in [9.17, 15) is 34.6 Å². The van der Waals surface area contributed by atoms with Crippen LogP contribution in [-0.2, 0) is 14.3 Å². The van der Waals surface area contributed by atoms with Crippen molar-refractivity contribution in [2.75, 3.05) is 11.9 Å². The molecule has 0 saturated heterocycles. The van der Waals surface area contributed by atoms with Gasteiger partial charge < -0.3 is 15.4 Å². The lowest BCUT2D eigenvalue weighted by molar-refractivity contribution is -0.385. The number of nitrogens with zero attached hydrogens (tertiary/aromatic N) is 2. The van der Waals surface area contributed by atoms with E-state index in [4.69, 9.17) is 16.3 Å². The number of halogens is 1. The van der Waals surface area contributed by atoms with Gasteiger partial charge in [-0.25, -0.2) is 0 Å². The molecule has 0 aliphatic rings. The molecule has 0 spiro atoms. The first-order valence-corrected chi connectivity index (χ1v) is 9.43. The number of hydrogen-bond acceptors (Lipinski definition) is 8. The van der Waals surface area contributed by atoms with E-state index in [-0.39, 0.29) is 40.6 Å². The number of hydrogen-bond donors (Lipinski definition) is 2. The maximum atomic E-state index is 12.2. The Morgan fingerprint density at radius 1 is 1.03 bits per heavy atom. The molecule has 0 aromatic heterocycles. The highest BCUT2D eigenvalue weighted by Crippen LogP contribution is 2.26. The zero-order valence-corrected chi connectivity index (χ0v) is 17.3. The van der Waals surface area contributed by atoms with Gasteiger partial charge in [0, 0.05) is 36.4 Å². The highest BCUT2D eigenvalue weighted by molar-refractivity contribution is 6.33. The van der Waals surface area contributed by atoms with Gasteiger partial charge in [-0.2, -0.15) is 0 Å². The Balaban J connectivity index is 1.81. The fourth-order valence-electron chi connectivity index (χ4n) is 2.38. The highest BCUT2D eigenvalue weighted by Gasteiger charge is 2.20. The van der Waals surface area contributed by atoms with Gasteiger partial charge in [0.2, 0.25) is 0 Å². The van der Waals surface area contributed by atoms with E-state index in [1.165, 1.54) is 43.3 Å². The van der Waals surface area contributed by atoms with Gasteiger partial charge in [-0.1, -0.05) is 11.6 Å². The van der Waals surface area contributed by atoms with Crippen LogP contribution in [0.15, 0.2) is 42.5 Å². The molecule has 168 valence electrons. The number of anilines is 1. The zero-order valence-electron chi connectivity index (χ0n) is 16.6. The molecule has 2 rings (SSSR count). The lowest BCUT2D eigenvalue weighted by Gasteiger charge is -2.14. The standard InChI is InChI=1S/C19H17ClN4O8/c1-11(18(26)22-16-10-14(24(30)31)6-7-15(16)20)32-17(25)8-9-21-19(27)12-2-4-13(5-3-12)23(28)29/h2-7,10-11H,8-9H2,1H3,(H,21,27)(H,22,26). The third-order valence-corrected chi connectivity index (χ3v) is 4.38. The van der Waals surface area contributed by atoms with Gasteiger partial charge in [0.05, 0.1) is 27.0 Å². The largest absolute Gasteiger partial charge is 0.452 e. The van der Waals surface area contributed by atoms with Crippen molar-refractivity contribution in [3.05, 3.63) is 73.3 Å². The molecule has 0 fully saturated rings. The molecule has 12 nitrogen and oxygen atoms in total. The Kier molecular flexibility index (Phi) is 8.18. The van der Waals surface area contributed by atoms with Crippen LogP contribution in [0.4, 0.5) is 17.1 Å². The van der Waals surface area contributed by atoms with E-state index in [0.717, 1.165) is 6.07 Å². The van der Waals surface area contributed by atoms with Gasteiger partial charge in [0.1, 0.15) is 0 Å². The van der Waals surface area contributed by atoms with E-state index in [2.05, 4.69) is 10.6 Å². The Bertz CT molecular complexity index is 1060. The lowest BCUT2D eigenvalue weighted by atomic mass is 10.2. The predicted octanol–water partition coefficient (Wildman–Crippen LogP) is 2.85. The Morgan fingerprint density at radius 3 is 2.22 bits per heavy atom. The average molecular weight is 465 g/mol. The number of carbonyl (C=O) groups is 3. The first-order valence-electron chi connectivity index (χ1n) is 9.05. The number of benzene rings is 2. The van der Waals surface area contributed by atoms with Crippen LogP contribution in [0.2, 0.25) is 5.02 Å². The summed E-state index contributed by atoms with van der Waals surface area (Å²) in [5, 5.41) is 26.3. The molecule has 0 aliphatic carbocycles. The van der Waals surface area contributed by atoms with Gasteiger partial charge in [-0.05, 0) is 25.1 Å². The van der Waals surface area contributed by atoms with Crippen molar-refractivity contribution >= 4 is 46.4 Å². The first kappa shape index (κ1) is 24.2. The number of nitrogens with one attached hydrogen (secondary N) is 2. The Hall–Kier alpha value is -4.06. The molecule has 0 saturated carbocycles. The molecule has 0 radical (unpaired) electrons. The molecule has 0 bridgehead atoms. The number of nitro benzene ring substituents is 2. The van der Waals surface area contributed by atoms with Crippen molar-refractivity contribution in [3.63, 3.8) is 0 Å². The topological polar surface area (TPSA) is 171 Å². The smallest absolute Gasteiger partial charge is 0.308 e. The van der Waals surface area contributed by atoms with Crippen molar-refractivity contribution in [2.24, 2.45) is 0 Å². The molecule has 2 N–H and O–H groups in total. The number of amides is 2. The van der Waals surface area contributed by atoms with E-state index in [0.29, 0.717) is 0 Å². The minimum Gasteiger partial charge on any atom is -0.452 e. The highest BCUT2D eigenvalue weighted by atomic mass is 35.5. The van der Waals surface area contributed by atoms with E-state index in [1.807, 2.05) is 0 Å². The van der Waals surface area contributed by atoms with Crippen molar-refractivity contribution < 1.29 is 29.0 Å². The van der Waals surface area contributed by atoms with Crippen LogP contribution in [0.3, 0.4) is 0 Å². The lowest BCUT2D eigenvalue weighted by Crippen LogP contribution is -2.32. The minimum atomic E-state index is -1.23. The Morgan fingerprint density at radius 2 is 1.62 bits per heavy atom. The van der Waals surface area contributed by atoms with Crippen LogP contribution >= 0.6 is 11.6 Å². The zero-order chi connectivity index (χ0) is 23.8. The number of ether oxygens (including phenoxy) is 1. The third-order valence-electron chi connectivity index (χ3n) is 4.05. The maximum absolute atomic E-state index is 12.2. The van der Waals surface area contributed by atoms with Crippen molar-refractivity contribution in [1.82, 2.24) is 5.32 Å². The molecular formula is C19H17ClN4O8. The molecule has 2 aromatic carbocycles. The van der Waals surface area contributed by atoms with Gasteiger partial charge >= 0.3 is 5.97 Å². The Labute approximate surface area is 185 Å². The predicted molar refractivity (Wildman–Crippen MR) is 112 cm³/mol. The van der Waals surface area contributed by atoms with Crippen LogP contribution in [0.25, 0.3) is 0 Å². The summed E-state index contributed by atoms with van der Waals surface area (Å²) in [5.74, 6) is -2.07. The summed E-state index contributed by atoms with van der Waals surface area (Å²) < 4.78 is 4.98. The van der Waals surface area contributed by atoms with E-state index < -0.39 is 33.7 Å². The molecule has 2 aromatic rings. The van der Waals surface area contributed by atoms with Gasteiger partial charge in [-0.15, -0.1) is 0 Å². The molecular weight excluding hydrogens is 448 g/mol. The minimum absolute atomic E-state index is 0.0101. The van der Waals surface area contributed by atoms with E-state index in [1.54, 1.807) is 0 Å². The summed E-state index contributed by atoms with van der Waals surface area (Å²) in [7, 11) is 0. The second-order valence-electron chi connectivity index (χ2n) is 6.35. The maximum Gasteiger partial charge on any atom is 0.308 e. The number of nitro groups is 2. The fourth-order valence-corrected chi connectivity index (χ4v) is 2.55. The monoisotopic (exact) mass is 464 g/mol. The van der Waals surface area contributed by atoms with Crippen LogP contribution in [0.1, 0.15) is 23.7 Å². The van der Waals surface area contributed by atoms with Crippen LogP contribution in [0, 0.1) is 20.2 Å². The molecule has 0 heterocycles. The number of non-ortho nitro benzene ring substituents is 2. The van der Waals surface area contributed by atoms with Gasteiger partial charge in [0.25, 0.3) is 23.2 Å². The van der Waals surface area contributed by atoms with Crippen molar-refractivity contribution in [3.8, 4) is 0 Å². The fraction of sp³-hybridized carbons (Fsp3) is 0.211. The van der Waals surface area contributed by atoms with Gasteiger partial charge in [-0.3, -0.25) is 34.6 Å². The molecule has 2 amide bonds. The summed E-state index contributed by atoms with van der Waals surface area (Å²) in [5.41, 5.74) is -0.281. The van der Waals surface area contributed by atoms with Gasteiger partial charge in [0.15, 0.2) is 6.10 Å². The summed E-state index contributed by atoms with van der Waals surface area (Å²) in [6.45, 7) is 1.20. The SMILES string of the molecule is CC(OC(=O)CCNC(=O)c1ccc([N+](=O)[O-])cc1)C(=O)Nc1cc([N+](=O)[O-])ccc1Cl. The molecule has 1 unspecified atom stereocenters. The number of carbonyl (C=O) groups excluding carboxylic acids is 3. The molecule has 13 heteroatoms. The average Bonchev–Trinajstić information content (AvgIpc) is 2.74. The first-order chi connectivity index (χ1) is 15.1. The van der Waals surface area contributed by atoms with Crippen LogP contribution in [0.5, 0.6) is 0 Å². The summed E-state index contributed by atoms with van der Waals surface area (Å²) in [6.07, 6.45) is -1.48. The second-order valence-corrected chi connectivity index (χ2v) is 6.76. The third kappa shape index (κ3) is 6.74. The number of rotatable bonds is 9.